The third-order valence-corrected chi connectivity index (χ3v) is 5.79. The highest BCUT2D eigenvalue weighted by atomic mass is 35.5. The van der Waals surface area contributed by atoms with Gasteiger partial charge in [0.05, 0.1) is 24.5 Å². The van der Waals surface area contributed by atoms with Crippen LogP contribution in [0.5, 0.6) is 5.75 Å². The maximum absolute atomic E-state index is 13.1. The second kappa shape index (κ2) is 9.92. The maximum atomic E-state index is 13.1. The van der Waals surface area contributed by atoms with E-state index in [1.165, 1.54) is 4.90 Å². The van der Waals surface area contributed by atoms with Crippen LogP contribution in [0, 0.1) is 0 Å². The van der Waals surface area contributed by atoms with Gasteiger partial charge in [0.25, 0.3) is 11.7 Å². The summed E-state index contributed by atoms with van der Waals surface area (Å²) in [4.78, 5) is 31.6. The van der Waals surface area contributed by atoms with E-state index in [1.807, 2.05) is 29.8 Å². The van der Waals surface area contributed by atoms with E-state index in [0.717, 1.165) is 5.56 Å². The molecule has 1 unspecified atom stereocenters. The first-order chi connectivity index (χ1) is 16.0. The summed E-state index contributed by atoms with van der Waals surface area (Å²) in [7, 11) is 0. The molecule has 8 heteroatoms. The van der Waals surface area contributed by atoms with Gasteiger partial charge in [-0.1, -0.05) is 23.7 Å². The standard InChI is InChI=1S/C25H24ClN3O4/c1-2-33-20-10-6-17(7-11-20)22-21(23(30)18-4-8-19(26)9-5-18)24(31)25(32)29(22)14-3-13-28-15-12-27-16-28/h4-12,15-16,22,30H,2-3,13-14H2,1H3. The molecule has 1 N–H and O–H groups in total. The van der Waals surface area contributed by atoms with Gasteiger partial charge >= 0.3 is 0 Å². The molecule has 2 aromatic carbocycles. The third-order valence-electron chi connectivity index (χ3n) is 5.54. The van der Waals surface area contributed by atoms with Crippen molar-refractivity contribution in [1.29, 1.82) is 0 Å². The van der Waals surface area contributed by atoms with Crippen LogP contribution in [0.25, 0.3) is 5.76 Å². The van der Waals surface area contributed by atoms with Crippen molar-refractivity contribution < 1.29 is 19.4 Å². The molecule has 1 aliphatic heterocycles. The lowest BCUT2D eigenvalue weighted by molar-refractivity contribution is -0.139. The molecule has 1 atom stereocenters. The third kappa shape index (κ3) is 4.78. The van der Waals surface area contributed by atoms with Gasteiger partial charge in [-0.2, -0.15) is 0 Å². The second-order valence-electron chi connectivity index (χ2n) is 7.66. The predicted molar refractivity (Wildman–Crippen MR) is 125 cm³/mol. The van der Waals surface area contributed by atoms with Crippen molar-refractivity contribution in [2.45, 2.75) is 25.9 Å². The van der Waals surface area contributed by atoms with Crippen molar-refractivity contribution in [3.8, 4) is 5.75 Å². The van der Waals surface area contributed by atoms with Gasteiger partial charge in [0, 0.05) is 36.1 Å². The zero-order valence-corrected chi connectivity index (χ0v) is 18.9. The summed E-state index contributed by atoms with van der Waals surface area (Å²) in [5, 5.41) is 11.6. The number of aryl methyl sites for hydroxylation is 1. The molecule has 170 valence electrons. The molecule has 0 bridgehead atoms. The summed E-state index contributed by atoms with van der Waals surface area (Å²) in [5.41, 5.74) is 1.21. The van der Waals surface area contributed by atoms with Crippen molar-refractivity contribution in [3.05, 3.63) is 89.0 Å². The number of carbonyl (C=O) groups excluding carboxylic acids is 2. The van der Waals surface area contributed by atoms with E-state index in [9.17, 15) is 14.7 Å². The number of aliphatic hydroxyl groups excluding tert-OH is 1. The molecule has 1 aliphatic rings. The number of aromatic nitrogens is 2. The first-order valence-corrected chi connectivity index (χ1v) is 11.1. The van der Waals surface area contributed by atoms with Crippen LogP contribution in [-0.4, -0.2) is 44.4 Å². The van der Waals surface area contributed by atoms with Crippen LogP contribution >= 0.6 is 11.6 Å². The molecule has 0 saturated carbocycles. The molecule has 3 aromatic rings. The van der Waals surface area contributed by atoms with Crippen LogP contribution in [-0.2, 0) is 16.1 Å². The van der Waals surface area contributed by atoms with Crippen molar-refractivity contribution in [3.63, 3.8) is 0 Å². The SMILES string of the molecule is CCOc1ccc(C2C(=C(O)c3ccc(Cl)cc3)C(=O)C(=O)N2CCCn2ccnc2)cc1. The first kappa shape index (κ1) is 22.6. The number of nitrogens with zero attached hydrogens (tertiary/aromatic N) is 3. The number of aliphatic hydroxyl groups is 1. The van der Waals surface area contributed by atoms with Gasteiger partial charge in [-0.05, 0) is 55.3 Å². The summed E-state index contributed by atoms with van der Waals surface area (Å²) >= 11 is 5.97. The summed E-state index contributed by atoms with van der Waals surface area (Å²) in [6.07, 6.45) is 5.87. The van der Waals surface area contributed by atoms with Crippen LogP contribution in [0.3, 0.4) is 0 Å². The van der Waals surface area contributed by atoms with Crippen LogP contribution in [0.15, 0.2) is 72.8 Å². The number of halogens is 1. The lowest BCUT2D eigenvalue weighted by atomic mass is 9.95. The Labute approximate surface area is 196 Å². The molecule has 33 heavy (non-hydrogen) atoms. The van der Waals surface area contributed by atoms with Gasteiger partial charge in [0.15, 0.2) is 0 Å². The van der Waals surface area contributed by atoms with E-state index in [2.05, 4.69) is 4.98 Å². The van der Waals surface area contributed by atoms with Gasteiger partial charge in [0.2, 0.25) is 0 Å². The van der Waals surface area contributed by atoms with Gasteiger partial charge in [-0.3, -0.25) is 9.59 Å². The van der Waals surface area contributed by atoms with E-state index in [0.29, 0.717) is 42.5 Å². The number of rotatable bonds is 8. The molecular formula is C25H24ClN3O4. The van der Waals surface area contributed by atoms with Gasteiger partial charge < -0.3 is 19.3 Å². The zero-order chi connectivity index (χ0) is 23.4. The smallest absolute Gasteiger partial charge is 0.295 e. The Bertz CT molecular complexity index is 1160. The monoisotopic (exact) mass is 465 g/mol. The molecule has 1 fully saturated rings. The molecule has 0 aliphatic carbocycles. The molecule has 1 saturated heterocycles. The number of likely N-dealkylation sites (tertiary alicyclic amines) is 1. The fraction of sp³-hybridized carbons (Fsp3) is 0.240. The summed E-state index contributed by atoms with van der Waals surface area (Å²) in [6.45, 7) is 3.42. The minimum absolute atomic E-state index is 0.0640. The predicted octanol–water partition coefficient (Wildman–Crippen LogP) is 4.45. The van der Waals surface area contributed by atoms with E-state index >= 15 is 0 Å². The van der Waals surface area contributed by atoms with E-state index in [4.69, 9.17) is 16.3 Å². The van der Waals surface area contributed by atoms with E-state index in [-0.39, 0.29) is 11.3 Å². The minimum Gasteiger partial charge on any atom is -0.507 e. The van der Waals surface area contributed by atoms with Crippen molar-refractivity contribution in [1.82, 2.24) is 14.5 Å². The highest BCUT2D eigenvalue weighted by Crippen LogP contribution is 2.40. The second-order valence-corrected chi connectivity index (χ2v) is 8.09. The van der Waals surface area contributed by atoms with Crippen molar-refractivity contribution in [2.75, 3.05) is 13.2 Å². The number of imidazole rings is 1. The van der Waals surface area contributed by atoms with E-state index in [1.54, 1.807) is 48.9 Å². The molecule has 7 nitrogen and oxygen atoms in total. The lowest BCUT2D eigenvalue weighted by Crippen LogP contribution is -2.31. The Morgan fingerprint density at radius 1 is 1.09 bits per heavy atom. The largest absolute Gasteiger partial charge is 0.507 e. The number of hydrogen-bond acceptors (Lipinski definition) is 5. The summed E-state index contributed by atoms with van der Waals surface area (Å²) < 4.78 is 7.44. The number of amides is 1. The number of ketones is 1. The van der Waals surface area contributed by atoms with Gasteiger partial charge in [0.1, 0.15) is 11.5 Å². The molecule has 0 spiro atoms. The number of Topliss-reactive ketones (excluding diaryl/α,β-unsaturated/α-hetero) is 1. The Morgan fingerprint density at radius 2 is 1.82 bits per heavy atom. The lowest BCUT2D eigenvalue weighted by Gasteiger charge is -2.25. The van der Waals surface area contributed by atoms with Crippen LogP contribution < -0.4 is 4.74 Å². The number of carbonyl (C=O) groups is 2. The number of ether oxygens (including phenoxy) is 1. The summed E-state index contributed by atoms with van der Waals surface area (Å²) in [5.74, 6) is -0.865. The zero-order valence-electron chi connectivity index (χ0n) is 18.1. The van der Waals surface area contributed by atoms with Crippen LogP contribution in [0.1, 0.15) is 30.5 Å². The molecule has 4 rings (SSSR count). The minimum atomic E-state index is -0.709. The molecule has 1 amide bonds. The number of benzene rings is 2. The van der Waals surface area contributed by atoms with Crippen LogP contribution in [0.2, 0.25) is 5.02 Å². The summed E-state index contributed by atoms with van der Waals surface area (Å²) in [6, 6.07) is 13.0. The van der Waals surface area contributed by atoms with Crippen LogP contribution in [0.4, 0.5) is 0 Å². The fourth-order valence-electron chi connectivity index (χ4n) is 3.98. The molecule has 1 aromatic heterocycles. The number of hydrogen-bond donors (Lipinski definition) is 1. The Morgan fingerprint density at radius 3 is 2.45 bits per heavy atom. The van der Waals surface area contributed by atoms with Crippen molar-refractivity contribution >= 4 is 29.1 Å². The Kier molecular flexibility index (Phi) is 6.79. The van der Waals surface area contributed by atoms with Gasteiger partial charge in [-0.15, -0.1) is 0 Å². The topological polar surface area (TPSA) is 84.7 Å². The average molecular weight is 466 g/mol. The normalized spacial score (nSPS) is 17.5. The van der Waals surface area contributed by atoms with E-state index < -0.39 is 17.7 Å². The molecular weight excluding hydrogens is 442 g/mol. The Balaban J connectivity index is 1.71. The highest BCUT2D eigenvalue weighted by molar-refractivity contribution is 6.46. The first-order valence-electron chi connectivity index (χ1n) is 10.7. The molecule has 0 radical (unpaired) electrons. The quantitative estimate of drug-likeness (QED) is 0.302. The van der Waals surface area contributed by atoms with Crippen molar-refractivity contribution in [2.24, 2.45) is 0 Å². The fourth-order valence-corrected chi connectivity index (χ4v) is 4.10. The van der Waals surface area contributed by atoms with Gasteiger partial charge in [-0.25, -0.2) is 4.98 Å². The maximum Gasteiger partial charge on any atom is 0.295 e. The Hall–Kier alpha value is -3.58. The highest BCUT2D eigenvalue weighted by Gasteiger charge is 2.45. The molecule has 2 heterocycles. The average Bonchev–Trinajstić information content (AvgIpc) is 3.42.